The van der Waals surface area contributed by atoms with Crippen molar-refractivity contribution in [1.29, 1.82) is 0 Å². The van der Waals surface area contributed by atoms with Crippen molar-refractivity contribution in [1.82, 2.24) is 14.9 Å². The first kappa shape index (κ1) is 15.8. The largest absolute Gasteiger partial charge is 0.314 e. The average Bonchev–Trinajstić information content (AvgIpc) is 2.26. The second kappa shape index (κ2) is 6.80. The zero-order valence-corrected chi connectivity index (χ0v) is 12.2. The zero-order chi connectivity index (χ0) is 13.6. The van der Waals surface area contributed by atoms with E-state index in [-0.39, 0.29) is 18.1 Å². The van der Waals surface area contributed by atoms with Gasteiger partial charge in [-0.2, -0.15) is 0 Å². The fourth-order valence-electron chi connectivity index (χ4n) is 1.64. The van der Waals surface area contributed by atoms with Gasteiger partial charge >= 0.3 is 0 Å². The summed E-state index contributed by atoms with van der Waals surface area (Å²) in [5.74, 6) is -0.156. The minimum Gasteiger partial charge on any atom is -0.314 e. The first-order valence-electron chi connectivity index (χ1n) is 5.87. The molecule has 108 valence electrons. The molecule has 0 radical (unpaired) electrons. The lowest BCUT2D eigenvalue weighted by atomic mass is 10.4. The van der Waals surface area contributed by atoms with Gasteiger partial charge in [0.1, 0.15) is 9.84 Å². The van der Waals surface area contributed by atoms with E-state index in [2.05, 4.69) is 14.9 Å². The average molecular weight is 299 g/mol. The molecule has 2 N–H and O–H groups in total. The molecule has 0 aliphatic carbocycles. The summed E-state index contributed by atoms with van der Waals surface area (Å²) in [7, 11) is -6.51. The number of piperazine rings is 1. The minimum atomic E-state index is -3.38. The number of sulfonamides is 1. The van der Waals surface area contributed by atoms with Crippen LogP contribution < -0.4 is 10.0 Å². The molecule has 1 aliphatic rings. The Bertz CT molecular complexity index is 440. The normalized spacial score (nSPS) is 18.9. The third-order valence-corrected chi connectivity index (χ3v) is 4.99. The van der Waals surface area contributed by atoms with Crippen LogP contribution in [0.25, 0.3) is 0 Å². The van der Waals surface area contributed by atoms with Gasteiger partial charge in [0.2, 0.25) is 10.0 Å². The zero-order valence-electron chi connectivity index (χ0n) is 10.6. The summed E-state index contributed by atoms with van der Waals surface area (Å²) < 4.78 is 47.3. The predicted octanol–water partition coefficient (Wildman–Crippen LogP) is -2.14. The van der Waals surface area contributed by atoms with Gasteiger partial charge in [0, 0.05) is 45.5 Å². The Morgan fingerprint density at radius 3 is 2.28 bits per heavy atom. The monoisotopic (exact) mass is 299 g/mol. The van der Waals surface area contributed by atoms with Gasteiger partial charge in [0.15, 0.2) is 0 Å². The smallest absolute Gasteiger partial charge is 0.212 e. The lowest BCUT2D eigenvalue weighted by Crippen LogP contribution is -2.46. The maximum Gasteiger partial charge on any atom is 0.212 e. The molecule has 0 unspecified atom stereocenters. The summed E-state index contributed by atoms with van der Waals surface area (Å²) in [5, 5.41) is 3.19. The molecule has 0 amide bonds. The van der Waals surface area contributed by atoms with Crippen LogP contribution in [0, 0.1) is 0 Å². The highest BCUT2D eigenvalue weighted by Gasteiger charge is 2.15. The molecule has 0 aromatic rings. The third-order valence-electron chi connectivity index (χ3n) is 2.68. The summed E-state index contributed by atoms with van der Waals surface area (Å²) in [6, 6.07) is 0. The highest BCUT2D eigenvalue weighted by molar-refractivity contribution is 7.91. The van der Waals surface area contributed by atoms with Gasteiger partial charge in [0.05, 0.1) is 11.5 Å². The molecule has 0 saturated carbocycles. The maximum absolute atomic E-state index is 11.6. The summed E-state index contributed by atoms with van der Waals surface area (Å²) in [6.07, 6.45) is 1.09. The molecule has 1 fully saturated rings. The van der Waals surface area contributed by atoms with Crippen molar-refractivity contribution in [3.8, 4) is 0 Å². The molecule has 0 bridgehead atoms. The Labute approximate surface area is 109 Å². The standard InChI is InChI=1S/C9H21N3O4S2/c1-17(13,14)8-4-11-18(15,16)9-7-12-5-2-10-3-6-12/h10-11H,2-9H2,1H3. The van der Waals surface area contributed by atoms with Crippen LogP contribution >= 0.6 is 0 Å². The van der Waals surface area contributed by atoms with E-state index >= 15 is 0 Å². The van der Waals surface area contributed by atoms with Crippen LogP contribution in [-0.4, -0.2) is 78.8 Å². The first-order chi connectivity index (χ1) is 8.29. The first-order valence-corrected chi connectivity index (χ1v) is 9.58. The van der Waals surface area contributed by atoms with E-state index in [0.29, 0.717) is 6.54 Å². The topological polar surface area (TPSA) is 95.6 Å². The van der Waals surface area contributed by atoms with Gasteiger partial charge in [0.25, 0.3) is 0 Å². The van der Waals surface area contributed by atoms with E-state index in [1.807, 2.05) is 0 Å². The second-order valence-corrected chi connectivity index (χ2v) is 8.62. The molecule has 1 rings (SSSR count). The summed E-state index contributed by atoms with van der Waals surface area (Å²) >= 11 is 0. The third kappa shape index (κ3) is 7.27. The van der Waals surface area contributed by atoms with E-state index in [1.165, 1.54) is 0 Å². The van der Waals surface area contributed by atoms with E-state index in [0.717, 1.165) is 32.4 Å². The molecule has 0 atom stereocenters. The lowest BCUT2D eigenvalue weighted by Gasteiger charge is -2.26. The second-order valence-electron chi connectivity index (χ2n) is 4.43. The van der Waals surface area contributed by atoms with Gasteiger partial charge in [-0.15, -0.1) is 0 Å². The van der Waals surface area contributed by atoms with Crippen molar-refractivity contribution in [2.45, 2.75) is 0 Å². The van der Waals surface area contributed by atoms with Crippen molar-refractivity contribution in [3.05, 3.63) is 0 Å². The molecule has 0 aromatic heterocycles. The molecule has 18 heavy (non-hydrogen) atoms. The Hall–Kier alpha value is -0.220. The number of nitrogens with zero attached hydrogens (tertiary/aromatic N) is 1. The number of hydrogen-bond donors (Lipinski definition) is 2. The van der Waals surface area contributed by atoms with Gasteiger partial charge in [-0.05, 0) is 0 Å². The van der Waals surface area contributed by atoms with E-state index < -0.39 is 19.9 Å². The minimum absolute atomic E-state index is 0.0107. The molecule has 1 saturated heterocycles. The number of rotatable bonds is 7. The van der Waals surface area contributed by atoms with Gasteiger partial charge in [-0.3, -0.25) is 4.90 Å². The number of hydrogen-bond acceptors (Lipinski definition) is 6. The van der Waals surface area contributed by atoms with Crippen molar-refractivity contribution in [3.63, 3.8) is 0 Å². The maximum atomic E-state index is 11.6. The molecule has 9 heteroatoms. The highest BCUT2D eigenvalue weighted by Crippen LogP contribution is 1.94. The van der Waals surface area contributed by atoms with Crippen molar-refractivity contribution in [2.75, 3.05) is 57.0 Å². The quantitative estimate of drug-likeness (QED) is 0.557. The molecule has 0 aromatic carbocycles. The number of sulfone groups is 1. The Kier molecular flexibility index (Phi) is 5.99. The van der Waals surface area contributed by atoms with E-state index in [4.69, 9.17) is 0 Å². The molecule has 1 aliphatic heterocycles. The van der Waals surface area contributed by atoms with Crippen LogP contribution in [0.4, 0.5) is 0 Å². The van der Waals surface area contributed by atoms with Crippen LogP contribution in [0.3, 0.4) is 0 Å². The molecule has 7 nitrogen and oxygen atoms in total. The Morgan fingerprint density at radius 1 is 1.11 bits per heavy atom. The SMILES string of the molecule is CS(=O)(=O)CCNS(=O)(=O)CCN1CCNCC1. The van der Waals surface area contributed by atoms with Crippen LogP contribution in [0.15, 0.2) is 0 Å². The predicted molar refractivity (Wildman–Crippen MR) is 70.8 cm³/mol. The summed E-state index contributed by atoms with van der Waals surface area (Å²) in [6.45, 7) is 3.87. The van der Waals surface area contributed by atoms with E-state index in [1.54, 1.807) is 0 Å². The summed E-state index contributed by atoms with van der Waals surface area (Å²) in [4.78, 5) is 2.08. The Morgan fingerprint density at radius 2 is 1.72 bits per heavy atom. The van der Waals surface area contributed by atoms with Gasteiger partial charge in [-0.25, -0.2) is 21.6 Å². The van der Waals surface area contributed by atoms with Gasteiger partial charge < -0.3 is 5.32 Å². The van der Waals surface area contributed by atoms with Gasteiger partial charge in [-0.1, -0.05) is 0 Å². The van der Waals surface area contributed by atoms with Crippen molar-refractivity contribution in [2.24, 2.45) is 0 Å². The summed E-state index contributed by atoms with van der Waals surface area (Å²) in [5.41, 5.74) is 0. The highest BCUT2D eigenvalue weighted by atomic mass is 32.2. The fourth-order valence-corrected chi connectivity index (χ4v) is 3.30. The van der Waals surface area contributed by atoms with Crippen LogP contribution in [-0.2, 0) is 19.9 Å². The van der Waals surface area contributed by atoms with Crippen LogP contribution in [0.1, 0.15) is 0 Å². The van der Waals surface area contributed by atoms with Crippen molar-refractivity contribution < 1.29 is 16.8 Å². The lowest BCUT2D eigenvalue weighted by molar-refractivity contribution is 0.253. The van der Waals surface area contributed by atoms with Crippen molar-refractivity contribution >= 4 is 19.9 Å². The van der Waals surface area contributed by atoms with E-state index in [9.17, 15) is 16.8 Å². The Balaban J connectivity index is 2.26. The molecule has 1 heterocycles. The van der Waals surface area contributed by atoms with Crippen LogP contribution in [0.5, 0.6) is 0 Å². The van der Waals surface area contributed by atoms with Crippen LogP contribution in [0.2, 0.25) is 0 Å². The fraction of sp³-hybridized carbons (Fsp3) is 1.00. The molecular formula is C9H21N3O4S2. The number of nitrogens with one attached hydrogen (secondary N) is 2. The molecule has 0 spiro atoms. The molecular weight excluding hydrogens is 278 g/mol.